The minimum Gasteiger partial charge on any atom is -0.317 e. The average molecular weight is 240 g/mol. The molecule has 2 nitrogen and oxygen atoms in total. The summed E-state index contributed by atoms with van der Waals surface area (Å²) in [4.78, 5) is 0. The molecular weight excluding hydrogens is 208 g/mol. The van der Waals surface area contributed by atoms with Crippen molar-refractivity contribution in [1.82, 2.24) is 10.6 Å². The molecule has 1 rings (SSSR count). The van der Waals surface area contributed by atoms with E-state index in [0.717, 1.165) is 24.9 Å². The Labute approximate surface area is 108 Å². The van der Waals surface area contributed by atoms with E-state index in [1.165, 1.54) is 58.0 Å². The second-order valence-corrected chi connectivity index (χ2v) is 5.99. The van der Waals surface area contributed by atoms with Gasteiger partial charge in [0.15, 0.2) is 0 Å². The van der Waals surface area contributed by atoms with Crippen molar-refractivity contribution in [2.75, 3.05) is 26.2 Å². The molecule has 0 spiro atoms. The fraction of sp³-hybridized carbons (Fsp3) is 1.00. The van der Waals surface area contributed by atoms with Crippen LogP contribution >= 0.6 is 0 Å². The van der Waals surface area contributed by atoms with Gasteiger partial charge in [-0.25, -0.2) is 0 Å². The van der Waals surface area contributed by atoms with Gasteiger partial charge in [0, 0.05) is 0 Å². The quantitative estimate of drug-likeness (QED) is 0.573. The highest BCUT2D eigenvalue weighted by atomic mass is 14.9. The van der Waals surface area contributed by atoms with Gasteiger partial charge in [0.2, 0.25) is 0 Å². The summed E-state index contributed by atoms with van der Waals surface area (Å²) in [5.74, 6) is 1.83. The van der Waals surface area contributed by atoms with Crippen molar-refractivity contribution in [3.8, 4) is 0 Å². The SMILES string of the molecule is CC(C)CNCCCNCCCC1CCCC1. The summed E-state index contributed by atoms with van der Waals surface area (Å²) in [5.41, 5.74) is 0. The molecule has 0 atom stereocenters. The van der Waals surface area contributed by atoms with Crippen molar-refractivity contribution in [2.45, 2.75) is 58.8 Å². The number of rotatable bonds is 10. The molecule has 0 saturated heterocycles. The van der Waals surface area contributed by atoms with Crippen LogP contribution in [0.3, 0.4) is 0 Å². The molecule has 0 bridgehead atoms. The first kappa shape index (κ1) is 15.0. The molecule has 0 heterocycles. The molecule has 0 aromatic carbocycles. The van der Waals surface area contributed by atoms with Gasteiger partial charge in [-0.3, -0.25) is 0 Å². The summed E-state index contributed by atoms with van der Waals surface area (Å²) in [5, 5.41) is 7.04. The van der Waals surface area contributed by atoms with E-state index in [2.05, 4.69) is 24.5 Å². The highest BCUT2D eigenvalue weighted by Gasteiger charge is 2.13. The Morgan fingerprint density at radius 3 is 2.29 bits per heavy atom. The molecule has 0 radical (unpaired) electrons. The van der Waals surface area contributed by atoms with Crippen LogP contribution < -0.4 is 10.6 Å². The zero-order valence-electron chi connectivity index (χ0n) is 11.9. The third-order valence-corrected chi connectivity index (χ3v) is 3.70. The molecule has 0 aliphatic heterocycles. The van der Waals surface area contributed by atoms with Gasteiger partial charge >= 0.3 is 0 Å². The summed E-state index contributed by atoms with van der Waals surface area (Å²) >= 11 is 0. The van der Waals surface area contributed by atoms with Crippen molar-refractivity contribution >= 4 is 0 Å². The van der Waals surface area contributed by atoms with Crippen LogP contribution in [-0.4, -0.2) is 26.2 Å². The molecule has 1 fully saturated rings. The van der Waals surface area contributed by atoms with E-state index in [1.807, 2.05) is 0 Å². The maximum Gasteiger partial charge on any atom is -0.00258 e. The van der Waals surface area contributed by atoms with Crippen LogP contribution in [0, 0.1) is 11.8 Å². The fourth-order valence-corrected chi connectivity index (χ4v) is 2.67. The van der Waals surface area contributed by atoms with E-state index in [9.17, 15) is 0 Å². The van der Waals surface area contributed by atoms with Gasteiger partial charge in [-0.2, -0.15) is 0 Å². The van der Waals surface area contributed by atoms with E-state index in [-0.39, 0.29) is 0 Å². The van der Waals surface area contributed by atoms with Crippen molar-refractivity contribution in [3.05, 3.63) is 0 Å². The molecule has 0 unspecified atom stereocenters. The number of hydrogen-bond acceptors (Lipinski definition) is 2. The Hall–Kier alpha value is -0.0800. The summed E-state index contributed by atoms with van der Waals surface area (Å²) in [6.07, 6.45) is 10.1. The lowest BCUT2D eigenvalue weighted by atomic mass is 10.0. The average Bonchev–Trinajstić information content (AvgIpc) is 2.79. The maximum absolute atomic E-state index is 3.56. The molecular formula is C15H32N2. The van der Waals surface area contributed by atoms with Crippen LogP contribution in [0.1, 0.15) is 58.8 Å². The van der Waals surface area contributed by atoms with Crippen molar-refractivity contribution in [1.29, 1.82) is 0 Å². The largest absolute Gasteiger partial charge is 0.317 e. The third-order valence-electron chi connectivity index (χ3n) is 3.70. The molecule has 2 heteroatoms. The lowest BCUT2D eigenvalue weighted by Gasteiger charge is -2.10. The number of nitrogens with one attached hydrogen (secondary N) is 2. The minimum atomic E-state index is 0.773. The molecule has 2 N–H and O–H groups in total. The van der Waals surface area contributed by atoms with Gasteiger partial charge < -0.3 is 10.6 Å². The second-order valence-electron chi connectivity index (χ2n) is 5.99. The zero-order valence-corrected chi connectivity index (χ0v) is 11.9. The van der Waals surface area contributed by atoms with Gasteiger partial charge in [0.05, 0.1) is 0 Å². The second kappa shape index (κ2) is 9.90. The standard InChI is InChI=1S/C15H32N2/c1-14(2)13-17-12-6-11-16-10-5-9-15-7-3-4-8-15/h14-17H,3-13H2,1-2H3. The number of hydrogen-bond donors (Lipinski definition) is 2. The highest BCUT2D eigenvalue weighted by Crippen LogP contribution is 2.28. The summed E-state index contributed by atoms with van der Waals surface area (Å²) in [6.45, 7) is 9.23. The molecule has 1 aliphatic rings. The first-order valence-corrected chi connectivity index (χ1v) is 7.70. The molecule has 1 saturated carbocycles. The predicted octanol–water partition coefficient (Wildman–Crippen LogP) is 3.18. The topological polar surface area (TPSA) is 24.1 Å². The monoisotopic (exact) mass is 240 g/mol. The van der Waals surface area contributed by atoms with Crippen molar-refractivity contribution in [2.24, 2.45) is 11.8 Å². The van der Waals surface area contributed by atoms with E-state index >= 15 is 0 Å². The molecule has 102 valence electrons. The summed E-state index contributed by atoms with van der Waals surface area (Å²) in [7, 11) is 0. The smallest absolute Gasteiger partial charge is 0.00258 e. The Kier molecular flexibility index (Phi) is 8.72. The predicted molar refractivity (Wildman–Crippen MR) is 76.4 cm³/mol. The summed E-state index contributed by atoms with van der Waals surface area (Å²) < 4.78 is 0. The zero-order chi connectivity index (χ0) is 12.3. The van der Waals surface area contributed by atoms with E-state index in [0.29, 0.717) is 0 Å². The highest BCUT2D eigenvalue weighted by molar-refractivity contribution is 4.67. The van der Waals surface area contributed by atoms with Crippen LogP contribution in [0.2, 0.25) is 0 Å². The van der Waals surface area contributed by atoms with Crippen molar-refractivity contribution < 1.29 is 0 Å². The Bertz CT molecular complexity index is 162. The van der Waals surface area contributed by atoms with Crippen LogP contribution in [0.5, 0.6) is 0 Å². The van der Waals surface area contributed by atoms with Crippen LogP contribution in [0.25, 0.3) is 0 Å². The normalized spacial score (nSPS) is 17.1. The van der Waals surface area contributed by atoms with Crippen LogP contribution in [0.4, 0.5) is 0 Å². The lowest BCUT2D eigenvalue weighted by Crippen LogP contribution is -2.25. The summed E-state index contributed by atoms with van der Waals surface area (Å²) in [6, 6.07) is 0. The van der Waals surface area contributed by atoms with E-state index in [4.69, 9.17) is 0 Å². The Balaban J connectivity index is 1.72. The van der Waals surface area contributed by atoms with Gasteiger partial charge in [-0.05, 0) is 57.3 Å². The first-order chi connectivity index (χ1) is 8.29. The molecule has 17 heavy (non-hydrogen) atoms. The maximum atomic E-state index is 3.56. The van der Waals surface area contributed by atoms with Crippen molar-refractivity contribution in [3.63, 3.8) is 0 Å². The minimum absolute atomic E-state index is 0.773. The third kappa shape index (κ3) is 8.62. The van der Waals surface area contributed by atoms with E-state index in [1.54, 1.807) is 0 Å². The van der Waals surface area contributed by atoms with Gasteiger partial charge in [-0.1, -0.05) is 39.5 Å². The lowest BCUT2D eigenvalue weighted by molar-refractivity contribution is 0.466. The van der Waals surface area contributed by atoms with E-state index < -0.39 is 0 Å². The molecule has 0 amide bonds. The van der Waals surface area contributed by atoms with Gasteiger partial charge in [0.25, 0.3) is 0 Å². The first-order valence-electron chi connectivity index (χ1n) is 7.70. The Morgan fingerprint density at radius 1 is 0.941 bits per heavy atom. The van der Waals surface area contributed by atoms with Crippen LogP contribution in [0.15, 0.2) is 0 Å². The fourth-order valence-electron chi connectivity index (χ4n) is 2.67. The van der Waals surface area contributed by atoms with Crippen LogP contribution in [-0.2, 0) is 0 Å². The Morgan fingerprint density at radius 2 is 1.59 bits per heavy atom. The molecule has 0 aromatic heterocycles. The van der Waals surface area contributed by atoms with Gasteiger partial charge in [0.1, 0.15) is 0 Å². The molecule has 0 aromatic rings. The van der Waals surface area contributed by atoms with Gasteiger partial charge in [-0.15, -0.1) is 0 Å². The molecule has 1 aliphatic carbocycles.